The molecule has 1 unspecified atom stereocenters. The highest BCUT2D eigenvalue weighted by Crippen LogP contribution is 2.15. The maximum absolute atomic E-state index is 12.4. The van der Waals surface area contributed by atoms with Crippen molar-refractivity contribution in [3.63, 3.8) is 0 Å². The summed E-state index contributed by atoms with van der Waals surface area (Å²) in [7, 11) is 1.95. The van der Waals surface area contributed by atoms with E-state index in [9.17, 15) is 4.79 Å². The molecular weight excluding hydrogens is 336 g/mol. The molecule has 0 fully saturated rings. The average molecular weight is 353 g/mol. The monoisotopic (exact) mass is 352 g/mol. The first-order chi connectivity index (χ1) is 9.47. The molecule has 0 aliphatic rings. The number of likely N-dealkylation sites (N-methyl/N-ethyl adjacent to an activating group) is 1. The fraction of sp³-hybridized carbons (Fsp3) is 0.333. The molecular formula is C15H17BrN2OS. The van der Waals surface area contributed by atoms with Gasteiger partial charge in [0.1, 0.15) is 0 Å². The topological polar surface area (TPSA) is 33.2 Å². The van der Waals surface area contributed by atoms with Crippen molar-refractivity contribution in [2.75, 3.05) is 7.05 Å². The number of nitrogens with zero attached hydrogens (tertiary/aromatic N) is 2. The molecule has 0 spiro atoms. The van der Waals surface area contributed by atoms with E-state index in [2.05, 4.69) is 20.9 Å². The first-order valence-corrected chi connectivity index (χ1v) is 8.05. The van der Waals surface area contributed by atoms with E-state index in [1.54, 1.807) is 11.3 Å². The molecule has 0 aliphatic carbocycles. The minimum Gasteiger partial charge on any atom is -0.292 e. The highest BCUT2D eigenvalue weighted by atomic mass is 79.9. The molecule has 1 atom stereocenters. The van der Waals surface area contributed by atoms with Crippen molar-refractivity contribution in [2.45, 2.75) is 26.4 Å². The summed E-state index contributed by atoms with van der Waals surface area (Å²) in [6, 6.07) is 7.32. The van der Waals surface area contributed by atoms with E-state index in [4.69, 9.17) is 0 Å². The van der Waals surface area contributed by atoms with Gasteiger partial charge in [0.2, 0.25) is 0 Å². The summed E-state index contributed by atoms with van der Waals surface area (Å²) in [6.07, 6.45) is 0. The number of rotatable bonds is 5. The second-order valence-electron chi connectivity index (χ2n) is 4.82. The molecule has 2 rings (SSSR count). The molecule has 0 saturated carbocycles. The molecule has 0 saturated heterocycles. The van der Waals surface area contributed by atoms with Crippen LogP contribution >= 0.6 is 27.3 Å². The number of thiazole rings is 1. The number of hydrogen-bond acceptors (Lipinski definition) is 4. The van der Waals surface area contributed by atoms with Gasteiger partial charge in [-0.25, -0.2) is 4.98 Å². The molecule has 2 aromatic rings. The third-order valence-corrected chi connectivity index (χ3v) is 4.60. The minimum absolute atomic E-state index is 0.131. The number of aromatic nitrogens is 1. The Morgan fingerprint density at radius 3 is 2.60 bits per heavy atom. The van der Waals surface area contributed by atoms with E-state index >= 15 is 0 Å². The van der Waals surface area contributed by atoms with Gasteiger partial charge < -0.3 is 0 Å². The third kappa shape index (κ3) is 3.75. The largest absolute Gasteiger partial charge is 0.292 e. The van der Waals surface area contributed by atoms with Gasteiger partial charge in [-0.2, -0.15) is 0 Å². The number of halogens is 1. The zero-order valence-electron chi connectivity index (χ0n) is 11.8. The molecule has 20 heavy (non-hydrogen) atoms. The predicted molar refractivity (Wildman–Crippen MR) is 86.3 cm³/mol. The summed E-state index contributed by atoms with van der Waals surface area (Å²) in [5, 5.41) is 3.10. The number of carbonyl (C=O) groups excluding carboxylic acids is 1. The first-order valence-electron chi connectivity index (χ1n) is 6.38. The average Bonchev–Trinajstić information content (AvgIpc) is 2.83. The van der Waals surface area contributed by atoms with Gasteiger partial charge in [-0.1, -0.05) is 28.1 Å². The van der Waals surface area contributed by atoms with E-state index in [0.29, 0.717) is 6.54 Å². The van der Waals surface area contributed by atoms with Gasteiger partial charge in [0.25, 0.3) is 0 Å². The van der Waals surface area contributed by atoms with Crippen LogP contribution in [0.5, 0.6) is 0 Å². The minimum atomic E-state index is -0.168. The lowest BCUT2D eigenvalue weighted by Gasteiger charge is -2.22. The SMILES string of the molecule is Cc1nc(CN(C)C(C)C(=O)c2ccc(Br)cc2)cs1. The molecule has 5 heteroatoms. The number of aryl methyl sites for hydroxylation is 1. The number of hydrogen-bond donors (Lipinski definition) is 0. The van der Waals surface area contributed by atoms with Crippen molar-refractivity contribution in [2.24, 2.45) is 0 Å². The summed E-state index contributed by atoms with van der Waals surface area (Å²) < 4.78 is 0.980. The number of Topliss-reactive ketones (excluding diaryl/α,β-unsaturated/α-hetero) is 1. The van der Waals surface area contributed by atoms with Crippen LogP contribution in [-0.4, -0.2) is 28.8 Å². The lowest BCUT2D eigenvalue weighted by atomic mass is 10.0. The fourth-order valence-electron chi connectivity index (χ4n) is 1.93. The van der Waals surface area contributed by atoms with Gasteiger partial charge in [0.05, 0.1) is 16.7 Å². The quantitative estimate of drug-likeness (QED) is 0.764. The molecule has 3 nitrogen and oxygen atoms in total. The van der Waals surface area contributed by atoms with Crippen LogP contribution in [0.15, 0.2) is 34.1 Å². The van der Waals surface area contributed by atoms with E-state index in [-0.39, 0.29) is 11.8 Å². The Bertz CT molecular complexity index is 594. The van der Waals surface area contributed by atoms with Gasteiger partial charge in [-0.15, -0.1) is 11.3 Å². The molecule has 0 bridgehead atoms. The van der Waals surface area contributed by atoms with Crippen molar-refractivity contribution in [1.29, 1.82) is 0 Å². The van der Waals surface area contributed by atoms with Crippen LogP contribution < -0.4 is 0 Å². The van der Waals surface area contributed by atoms with Crippen molar-refractivity contribution in [3.8, 4) is 0 Å². The van der Waals surface area contributed by atoms with Crippen LogP contribution in [0.1, 0.15) is 28.0 Å². The number of ketones is 1. The van der Waals surface area contributed by atoms with E-state index < -0.39 is 0 Å². The molecule has 0 aliphatic heterocycles. The lowest BCUT2D eigenvalue weighted by Crippen LogP contribution is -2.35. The molecule has 0 radical (unpaired) electrons. The van der Waals surface area contributed by atoms with Crippen molar-refractivity contribution < 1.29 is 4.79 Å². The maximum Gasteiger partial charge on any atom is 0.179 e. The summed E-state index contributed by atoms with van der Waals surface area (Å²) in [4.78, 5) is 18.9. The van der Waals surface area contributed by atoms with Gasteiger partial charge in [-0.05, 0) is 33.0 Å². The smallest absolute Gasteiger partial charge is 0.179 e. The van der Waals surface area contributed by atoms with Crippen LogP contribution in [0.3, 0.4) is 0 Å². The summed E-state index contributed by atoms with van der Waals surface area (Å²) in [6.45, 7) is 4.61. The molecule has 1 aromatic heterocycles. The molecule has 1 aromatic carbocycles. The standard InChI is InChI=1S/C15H17BrN2OS/c1-10(15(19)12-4-6-13(16)7-5-12)18(3)8-14-9-20-11(2)17-14/h4-7,9-10H,8H2,1-3H3. The van der Waals surface area contributed by atoms with E-state index in [1.807, 2.05) is 55.4 Å². The number of carbonyl (C=O) groups is 1. The maximum atomic E-state index is 12.4. The summed E-state index contributed by atoms with van der Waals surface area (Å²) in [5.74, 6) is 0.131. The van der Waals surface area contributed by atoms with Crippen molar-refractivity contribution >= 4 is 33.0 Å². The van der Waals surface area contributed by atoms with Gasteiger partial charge in [-0.3, -0.25) is 9.69 Å². The Balaban J connectivity index is 2.04. The van der Waals surface area contributed by atoms with Crippen molar-refractivity contribution in [3.05, 3.63) is 50.4 Å². The second-order valence-corrected chi connectivity index (χ2v) is 6.80. The molecule has 106 valence electrons. The second kappa shape index (κ2) is 6.61. The van der Waals surface area contributed by atoms with Crippen LogP contribution in [0.2, 0.25) is 0 Å². The third-order valence-electron chi connectivity index (χ3n) is 3.25. The highest BCUT2D eigenvalue weighted by Gasteiger charge is 2.20. The van der Waals surface area contributed by atoms with Crippen LogP contribution in [0.4, 0.5) is 0 Å². The fourth-order valence-corrected chi connectivity index (χ4v) is 2.80. The molecule has 0 N–H and O–H groups in total. The Morgan fingerprint density at radius 2 is 2.05 bits per heavy atom. The normalized spacial score (nSPS) is 12.7. The Morgan fingerprint density at radius 1 is 1.40 bits per heavy atom. The van der Waals surface area contributed by atoms with Crippen LogP contribution in [0.25, 0.3) is 0 Å². The first kappa shape index (κ1) is 15.4. The summed E-state index contributed by atoms with van der Waals surface area (Å²) >= 11 is 5.01. The van der Waals surface area contributed by atoms with Gasteiger partial charge in [0, 0.05) is 22.0 Å². The summed E-state index contributed by atoms with van der Waals surface area (Å²) in [5.41, 5.74) is 1.76. The zero-order valence-corrected chi connectivity index (χ0v) is 14.2. The van der Waals surface area contributed by atoms with Gasteiger partial charge in [0.15, 0.2) is 5.78 Å². The Kier molecular flexibility index (Phi) is 5.07. The Labute approximate surface area is 131 Å². The highest BCUT2D eigenvalue weighted by molar-refractivity contribution is 9.10. The molecule has 0 amide bonds. The lowest BCUT2D eigenvalue weighted by molar-refractivity contribution is 0.0861. The molecule has 1 heterocycles. The van der Waals surface area contributed by atoms with E-state index in [1.165, 1.54) is 0 Å². The van der Waals surface area contributed by atoms with Crippen molar-refractivity contribution in [1.82, 2.24) is 9.88 Å². The predicted octanol–water partition coefficient (Wildman–Crippen LogP) is 3.92. The number of benzene rings is 1. The zero-order chi connectivity index (χ0) is 14.7. The Hall–Kier alpha value is -1.04. The van der Waals surface area contributed by atoms with Gasteiger partial charge >= 0.3 is 0 Å². The van der Waals surface area contributed by atoms with Crippen LogP contribution in [-0.2, 0) is 6.54 Å². The van der Waals surface area contributed by atoms with Crippen LogP contribution in [0, 0.1) is 6.92 Å². The van der Waals surface area contributed by atoms with E-state index in [0.717, 1.165) is 20.7 Å².